The van der Waals surface area contributed by atoms with Crippen molar-refractivity contribution in [2.24, 2.45) is 5.92 Å². The first-order valence-corrected chi connectivity index (χ1v) is 11.2. The molecule has 1 fully saturated rings. The smallest absolute Gasteiger partial charge is 0.425 e. The summed E-state index contributed by atoms with van der Waals surface area (Å²) in [6, 6.07) is 14.4. The number of benzene rings is 2. The van der Waals surface area contributed by atoms with Crippen LogP contribution >= 0.6 is 0 Å². The summed E-state index contributed by atoms with van der Waals surface area (Å²) in [7, 11) is 0. The molecule has 0 heterocycles. The van der Waals surface area contributed by atoms with E-state index in [9.17, 15) is 17.6 Å². The molecule has 1 nitrogen and oxygen atoms in total. The van der Waals surface area contributed by atoms with Gasteiger partial charge in [0.15, 0.2) is 0 Å². The molecule has 0 atom stereocenters. The fourth-order valence-electron chi connectivity index (χ4n) is 4.44. The Balaban J connectivity index is 1.56. The second-order valence-electron chi connectivity index (χ2n) is 8.46. The molecule has 2 aromatic rings. The van der Waals surface area contributed by atoms with Crippen molar-refractivity contribution in [1.82, 2.24) is 0 Å². The van der Waals surface area contributed by atoms with E-state index in [0.717, 1.165) is 17.0 Å². The van der Waals surface area contributed by atoms with Gasteiger partial charge in [0.2, 0.25) is 0 Å². The van der Waals surface area contributed by atoms with E-state index in [2.05, 4.69) is 23.8 Å². The highest BCUT2D eigenvalue weighted by atomic mass is 19.3. The monoisotopic (exact) mass is 434 g/mol. The van der Waals surface area contributed by atoms with Gasteiger partial charge in [-0.25, -0.2) is 0 Å². The van der Waals surface area contributed by atoms with Crippen molar-refractivity contribution in [2.75, 3.05) is 0 Å². The van der Waals surface area contributed by atoms with Crippen molar-refractivity contribution in [2.45, 2.75) is 70.3 Å². The quantitative estimate of drug-likeness (QED) is 0.283. The van der Waals surface area contributed by atoms with Crippen LogP contribution in [0, 0.1) is 5.92 Å². The Morgan fingerprint density at radius 1 is 0.903 bits per heavy atom. The van der Waals surface area contributed by atoms with Gasteiger partial charge in [0.1, 0.15) is 5.75 Å². The number of rotatable bonds is 9. The molecule has 0 bridgehead atoms. The Kier molecular flexibility index (Phi) is 8.16. The molecular formula is C26H30F4O. The number of alkyl halides is 2. The highest BCUT2D eigenvalue weighted by Crippen LogP contribution is 2.38. The minimum absolute atomic E-state index is 0.168. The van der Waals surface area contributed by atoms with Gasteiger partial charge in [-0.05, 0) is 66.3 Å². The van der Waals surface area contributed by atoms with Crippen LogP contribution in [0.3, 0.4) is 0 Å². The summed E-state index contributed by atoms with van der Waals surface area (Å²) >= 11 is 0. The summed E-state index contributed by atoms with van der Waals surface area (Å²) in [6.07, 6.45) is 3.41. The van der Waals surface area contributed by atoms with Crippen LogP contribution in [0.2, 0.25) is 0 Å². The van der Waals surface area contributed by atoms with Gasteiger partial charge in [0, 0.05) is 0 Å². The van der Waals surface area contributed by atoms with Crippen LogP contribution in [0.1, 0.15) is 69.8 Å². The molecule has 0 spiro atoms. The fourth-order valence-corrected chi connectivity index (χ4v) is 4.44. The lowest BCUT2D eigenvalue weighted by molar-refractivity contribution is -0.133. The van der Waals surface area contributed by atoms with E-state index in [4.69, 9.17) is 0 Å². The zero-order chi connectivity index (χ0) is 22.3. The number of unbranched alkanes of at least 4 members (excludes halogenated alkanes) is 2. The summed E-state index contributed by atoms with van der Waals surface area (Å²) < 4.78 is 55.1. The molecule has 0 radical (unpaired) electrons. The predicted molar refractivity (Wildman–Crippen MR) is 117 cm³/mol. The van der Waals surface area contributed by atoms with Crippen LogP contribution < -0.4 is 4.74 Å². The maximum atomic E-state index is 13.3. The summed E-state index contributed by atoms with van der Waals surface area (Å²) in [5.74, 6) is 1.32. The van der Waals surface area contributed by atoms with E-state index in [1.807, 2.05) is 12.1 Å². The Bertz CT molecular complexity index is 831. The Labute approximate surface area is 182 Å². The standard InChI is InChI=1S/C26H30F4O/c1-2-3-4-5-19-6-8-20(9-7-19)21-10-12-22(13-11-21)23-14-16-24(17-15-23)31-26(29,30)18-25(27)28/h10-20H,2-9H2,1H3. The van der Waals surface area contributed by atoms with Crippen molar-refractivity contribution in [3.05, 3.63) is 66.3 Å². The normalized spacial score (nSPS) is 19.1. The third-order valence-electron chi connectivity index (χ3n) is 6.16. The zero-order valence-corrected chi connectivity index (χ0v) is 17.9. The number of halogens is 4. The fraction of sp³-hybridized carbons (Fsp3) is 0.462. The van der Waals surface area contributed by atoms with Crippen LogP contribution in [0.25, 0.3) is 11.1 Å². The van der Waals surface area contributed by atoms with Gasteiger partial charge in [-0.1, -0.05) is 69.0 Å². The minimum Gasteiger partial charge on any atom is -0.429 e. The first-order chi connectivity index (χ1) is 14.9. The third-order valence-corrected chi connectivity index (χ3v) is 6.16. The van der Waals surface area contributed by atoms with Gasteiger partial charge in [0.25, 0.3) is 6.08 Å². The van der Waals surface area contributed by atoms with Crippen LogP contribution in [0.5, 0.6) is 5.75 Å². The van der Waals surface area contributed by atoms with E-state index in [0.29, 0.717) is 5.92 Å². The Morgan fingerprint density at radius 3 is 2.03 bits per heavy atom. The van der Waals surface area contributed by atoms with Crippen LogP contribution in [0.4, 0.5) is 17.6 Å². The molecule has 0 N–H and O–H groups in total. The summed E-state index contributed by atoms with van der Waals surface area (Å²) in [6.45, 7) is 2.25. The Morgan fingerprint density at radius 2 is 1.48 bits per heavy atom. The molecule has 0 saturated heterocycles. The predicted octanol–water partition coefficient (Wildman–Crippen LogP) is 8.96. The van der Waals surface area contributed by atoms with Crippen molar-refractivity contribution in [3.8, 4) is 16.9 Å². The van der Waals surface area contributed by atoms with Crippen LogP contribution in [-0.2, 0) is 0 Å². The lowest BCUT2D eigenvalue weighted by atomic mass is 9.77. The molecule has 2 aromatic carbocycles. The van der Waals surface area contributed by atoms with Crippen molar-refractivity contribution < 1.29 is 22.3 Å². The average molecular weight is 435 g/mol. The largest absolute Gasteiger partial charge is 0.429 e. The minimum atomic E-state index is -4.04. The molecule has 0 aromatic heterocycles. The second-order valence-corrected chi connectivity index (χ2v) is 8.46. The molecule has 168 valence electrons. The topological polar surface area (TPSA) is 9.23 Å². The molecule has 0 aliphatic heterocycles. The van der Waals surface area contributed by atoms with E-state index >= 15 is 0 Å². The molecule has 3 rings (SSSR count). The number of hydrogen-bond donors (Lipinski definition) is 0. The molecule has 0 amide bonds. The zero-order valence-electron chi connectivity index (χ0n) is 17.9. The summed E-state index contributed by atoms with van der Waals surface area (Å²) in [4.78, 5) is 0. The first-order valence-electron chi connectivity index (χ1n) is 11.2. The SMILES string of the molecule is CCCCCC1CCC(c2ccc(-c3ccc(OC(F)(F)C=C(F)F)cc3)cc2)CC1. The molecule has 1 aliphatic rings. The molecule has 5 heteroatoms. The van der Waals surface area contributed by atoms with E-state index in [1.54, 1.807) is 12.1 Å². The Hall–Kier alpha value is -2.30. The van der Waals surface area contributed by atoms with Crippen LogP contribution in [-0.4, -0.2) is 6.11 Å². The van der Waals surface area contributed by atoms with E-state index in [1.165, 1.54) is 69.1 Å². The van der Waals surface area contributed by atoms with Gasteiger partial charge in [-0.2, -0.15) is 17.6 Å². The highest BCUT2D eigenvalue weighted by Gasteiger charge is 2.30. The van der Waals surface area contributed by atoms with E-state index in [-0.39, 0.29) is 5.75 Å². The molecule has 1 aliphatic carbocycles. The maximum absolute atomic E-state index is 13.3. The molecule has 0 unspecified atom stereocenters. The molecular weight excluding hydrogens is 404 g/mol. The molecule has 31 heavy (non-hydrogen) atoms. The third kappa shape index (κ3) is 7.12. The second kappa shape index (κ2) is 10.8. The summed E-state index contributed by atoms with van der Waals surface area (Å²) in [5.41, 5.74) is 3.19. The van der Waals surface area contributed by atoms with Gasteiger partial charge in [-0.3, -0.25) is 0 Å². The first kappa shape index (κ1) is 23.4. The van der Waals surface area contributed by atoms with Gasteiger partial charge < -0.3 is 4.74 Å². The number of hydrogen-bond acceptors (Lipinski definition) is 1. The van der Waals surface area contributed by atoms with E-state index < -0.39 is 18.3 Å². The molecule has 1 saturated carbocycles. The maximum Gasteiger partial charge on any atom is 0.425 e. The van der Waals surface area contributed by atoms with Gasteiger partial charge >= 0.3 is 6.11 Å². The van der Waals surface area contributed by atoms with Gasteiger partial charge in [0.05, 0.1) is 6.08 Å². The van der Waals surface area contributed by atoms with Crippen molar-refractivity contribution in [3.63, 3.8) is 0 Å². The lowest BCUT2D eigenvalue weighted by Crippen LogP contribution is -2.21. The van der Waals surface area contributed by atoms with Crippen molar-refractivity contribution in [1.29, 1.82) is 0 Å². The summed E-state index contributed by atoms with van der Waals surface area (Å²) in [5, 5.41) is 0. The van der Waals surface area contributed by atoms with Crippen molar-refractivity contribution >= 4 is 0 Å². The average Bonchev–Trinajstić information content (AvgIpc) is 2.74. The lowest BCUT2D eigenvalue weighted by Gasteiger charge is -2.29. The van der Waals surface area contributed by atoms with Gasteiger partial charge in [-0.15, -0.1) is 0 Å². The van der Waals surface area contributed by atoms with Crippen LogP contribution in [0.15, 0.2) is 60.7 Å². The highest BCUT2D eigenvalue weighted by molar-refractivity contribution is 5.64. The number of ether oxygens (including phenoxy) is 1.